The Morgan fingerprint density at radius 3 is 2.10 bits per heavy atom. The van der Waals surface area contributed by atoms with Crippen LogP contribution in [0.5, 0.6) is 0 Å². The molecule has 31 heavy (non-hydrogen) atoms. The van der Waals surface area contributed by atoms with E-state index in [2.05, 4.69) is 10.2 Å². The Morgan fingerprint density at radius 1 is 0.806 bits per heavy atom. The zero-order chi connectivity index (χ0) is 22.0. The van der Waals surface area contributed by atoms with Gasteiger partial charge in [-0.05, 0) is 36.2 Å². The molecule has 0 aliphatic heterocycles. The molecule has 0 atom stereocenters. The molecule has 7 nitrogen and oxygen atoms in total. The van der Waals surface area contributed by atoms with Gasteiger partial charge in [0.2, 0.25) is 5.96 Å². The fourth-order valence-corrected chi connectivity index (χ4v) is 4.76. The summed E-state index contributed by atoms with van der Waals surface area (Å²) >= 11 is 0. The first-order valence-corrected chi connectivity index (χ1v) is 11.0. The summed E-state index contributed by atoms with van der Waals surface area (Å²) in [5.74, 6) is -0.172. The number of nitrogens with two attached hydrogens (primary N) is 2. The van der Waals surface area contributed by atoms with Crippen molar-refractivity contribution in [3.8, 4) is 11.1 Å². The molecule has 4 N–H and O–H groups in total. The van der Waals surface area contributed by atoms with Gasteiger partial charge >= 0.3 is 0 Å². The van der Waals surface area contributed by atoms with E-state index in [1.165, 1.54) is 3.97 Å². The van der Waals surface area contributed by atoms with Crippen LogP contribution in [0.4, 0.5) is 0 Å². The Labute approximate surface area is 180 Å². The predicted molar refractivity (Wildman–Crippen MR) is 124 cm³/mol. The number of fused-ring (bicyclic) bond motifs is 1. The zero-order valence-corrected chi connectivity index (χ0v) is 17.6. The van der Waals surface area contributed by atoms with Gasteiger partial charge in [-0.1, -0.05) is 60.7 Å². The third-order valence-corrected chi connectivity index (χ3v) is 6.59. The van der Waals surface area contributed by atoms with Gasteiger partial charge in [-0.3, -0.25) is 0 Å². The Balaban J connectivity index is 1.81. The summed E-state index contributed by atoms with van der Waals surface area (Å²) in [5.41, 5.74) is 14.3. The second-order valence-corrected chi connectivity index (χ2v) is 8.78. The van der Waals surface area contributed by atoms with Crippen molar-refractivity contribution in [2.45, 2.75) is 11.8 Å². The van der Waals surface area contributed by atoms with E-state index < -0.39 is 10.0 Å². The minimum Gasteiger partial charge on any atom is -0.369 e. The molecule has 0 aliphatic rings. The van der Waals surface area contributed by atoms with Crippen molar-refractivity contribution >= 4 is 32.6 Å². The maximum absolute atomic E-state index is 13.5. The largest absolute Gasteiger partial charge is 0.369 e. The van der Waals surface area contributed by atoms with Gasteiger partial charge in [-0.2, -0.15) is 5.10 Å². The van der Waals surface area contributed by atoms with E-state index in [0.717, 1.165) is 16.5 Å². The lowest BCUT2D eigenvalue weighted by Crippen LogP contribution is -2.22. The number of rotatable bonds is 5. The fourth-order valence-electron chi connectivity index (χ4n) is 3.39. The zero-order valence-electron chi connectivity index (χ0n) is 16.8. The molecule has 0 fully saturated rings. The molecular weight excluding hydrogens is 410 g/mol. The van der Waals surface area contributed by atoms with Crippen LogP contribution in [0.1, 0.15) is 12.5 Å². The Bertz CT molecular complexity index is 1400. The van der Waals surface area contributed by atoms with Crippen molar-refractivity contribution in [3.63, 3.8) is 0 Å². The van der Waals surface area contributed by atoms with E-state index in [1.807, 2.05) is 42.5 Å². The van der Waals surface area contributed by atoms with Gasteiger partial charge in [0.1, 0.15) is 0 Å². The number of benzene rings is 3. The van der Waals surface area contributed by atoms with Crippen LogP contribution in [-0.2, 0) is 10.0 Å². The predicted octanol–water partition coefficient (Wildman–Crippen LogP) is 3.54. The van der Waals surface area contributed by atoms with Gasteiger partial charge in [-0.25, -0.2) is 12.4 Å². The minimum atomic E-state index is -3.83. The first-order chi connectivity index (χ1) is 14.9. The van der Waals surface area contributed by atoms with Crippen molar-refractivity contribution in [1.29, 1.82) is 0 Å². The molecule has 0 unspecified atom stereocenters. The van der Waals surface area contributed by atoms with Gasteiger partial charge in [-0.15, -0.1) is 5.10 Å². The summed E-state index contributed by atoms with van der Waals surface area (Å²) in [6.07, 6.45) is 1.55. The molecule has 0 amide bonds. The maximum Gasteiger partial charge on any atom is 0.268 e. The van der Waals surface area contributed by atoms with Crippen molar-refractivity contribution in [2.75, 3.05) is 0 Å². The van der Waals surface area contributed by atoms with Crippen LogP contribution in [0.25, 0.3) is 22.0 Å². The van der Waals surface area contributed by atoms with Gasteiger partial charge in [0, 0.05) is 17.1 Å². The summed E-state index contributed by atoms with van der Waals surface area (Å²) in [7, 11) is -3.83. The molecule has 0 radical (unpaired) electrons. The molecule has 156 valence electrons. The summed E-state index contributed by atoms with van der Waals surface area (Å²) in [6, 6.07) is 23.9. The highest BCUT2D eigenvalue weighted by atomic mass is 32.2. The van der Waals surface area contributed by atoms with E-state index in [0.29, 0.717) is 16.8 Å². The average Bonchev–Trinajstić information content (AvgIpc) is 3.19. The molecule has 0 spiro atoms. The fraction of sp³-hybridized carbons (Fsp3) is 0.0435. The Morgan fingerprint density at radius 2 is 1.42 bits per heavy atom. The van der Waals surface area contributed by atoms with Gasteiger partial charge in [0.05, 0.1) is 16.1 Å². The van der Waals surface area contributed by atoms with Crippen LogP contribution in [0.2, 0.25) is 0 Å². The monoisotopic (exact) mass is 431 g/mol. The first kappa shape index (κ1) is 20.4. The highest BCUT2D eigenvalue weighted by Gasteiger charge is 2.22. The van der Waals surface area contributed by atoms with Crippen LogP contribution in [-0.4, -0.2) is 24.1 Å². The van der Waals surface area contributed by atoms with E-state index in [1.54, 1.807) is 49.5 Å². The Hall–Kier alpha value is -3.91. The third kappa shape index (κ3) is 3.93. The number of para-hydroxylation sites is 1. The van der Waals surface area contributed by atoms with E-state index in [-0.39, 0.29) is 10.9 Å². The second-order valence-electron chi connectivity index (χ2n) is 6.96. The van der Waals surface area contributed by atoms with Crippen LogP contribution >= 0.6 is 0 Å². The molecule has 4 rings (SSSR count). The van der Waals surface area contributed by atoms with Gasteiger partial charge in [0.15, 0.2) is 0 Å². The van der Waals surface area contributed by atoms with Crippen molar-refractivity contribution in [3.05, 3.63) is 90.6 Å². The van der Waals surface area contributed by atoms with Crippen LogP contribution in [0.15, 0.2) is 100 Å². The van der Waals surface area contributed by atoms with E-state index in [4.69, 9.17) is 11.5 Å². The summed E-state index contributed by atoms with van der Waals surface area (Å²) in [5, 5.41) is 8.42. The quantitative estimate of drug-likeness (QED) is 0.286. The Kier molecular flexibility index (Phi) is 5.31. The molecule has 0 bridgehead atoms. The lowest BCUT2D eigenvalue weighted by molar-refractivity contribution is 0.589. The number of hydrogen-bond acceptors (Lipinski definition) is 4. The molecule has 0 saturated heterocycles. The van der Waals surface area contributed by atoms with E-state index >= 15 is 0 Å². The lowest BCUT2D eigenvalue weighted by atomic mass is 10.1. The van der Waals surface area contributed by atoms with Crippen molar-refractivity contribution < 1.29 is 8.42 Å². The SMILES string of the molecule is C/C(=N/N=C(N)N)c1cn(S(=O)(=O)c2ccc(-c3ccccc3)cc2)c2ccccc12. The highest BCUT2D eigenvalue weighted by molar-refractivity contribution is 7.90. The average molecular weight is 432 g/mol. The highest BCUT2D eigenvalue weighted by Crippen LogP contribution is 2.28. The normalized spacial score (nSPS) is 12.1. The summed E-state index contributed by atoms with van der Waals surface area (Å²) in [6.45, 7) is 1.72. The molecule has 0 saturated carbocycles. The molecule has 1 aromatic heterocycles. The topological polar surface area (TPSA) is 116 Å². The molecule has 1 heterocycles. The first-order valence-electron chi connectivity index (χ1n) is 9.52. The molecule has 3 aromatic carbocycles. The number of aromatic nitrogens is 1. The van der Waals surface area contributed by atoms with Crippen LogP contribution in [0.3, 0.4) is 0 Å². The van der Waals surface area contributed by atoms with Crippen molar-refractivity contribution in [2.24, 2.45) is 21.7 Å². The standard InChI is InChI=1S/C23H21N5O2S/c1-16(26-27-23(24)25)21-15-28(22-10-6-5-9-20(21)22)31(29,30)19-13-11-18(12-14-19)17-7-3-2-4-8-17/h2-15H,1H3,(H4,24,25,27)/b26-16-. The van der Waals surface area contributed by atoms with Gasteiger partial charge in [0.25, 0.3) is 10.0 Å². The van der Waals surface area contributed by atoms with Crippen LogP contribution < -0.4 is 11.5 Å². The molecule has 4 aromatic rings. The number of hydrogen-bond donors (Lipinski definition) is 2. The number of guanidine groups is 1. The maximum atomic E-state index is 13.5. The van der Waals surface area contributed by atoms with Gasteiger partial charge < -0.3 is 11.5 Å². The molecule has 8 heteroatoms. The number of nitrogens with zero attached hydrogens (tertiary/aromatic N) is 3. The summed E-state index contributed by atoms with van der Waals surface area (Å²) in [4.78, 5) is 0.193. The van der Waals surface area contributed by atoms with Crippen molar-refractivity contribution in [1.82, 2.24) is 3.97 Å². The third-order valence-electron chi connectivity index (χ3n) is 4.90. The molecular formula is C23H21N5O2S. The second kappa shape index (κ2) is 8.08. The lowest BCUT2D eigenvalue weighted by Gasteiger charge is -2.09. The van der Waals surface area contributed by atoms with E-state index in [9.17, 15) is 8.42 Å². The summed E-state index contributed by atoms with van der Waals surface area (Å²) < 4.78 is 28.2. The smallest absolute Gasteiger partial charge is 0.268 e. The van der Waals surface area contributed by atoms with Crippen LogP contribution in [0, 0.1) is 0 Å². The minimum absolute atomic E-state index is 0.172. The molecule has 0 aliphatic carbocycles.